The Hall–Kier alpha value is 0.331. The summed E-state index contributed by atoms with van der Waals surface area (Å²) < 4.78 is 39.1. The van der Waals surface area contributed by atoms with Crippen LogP contribution in [0.25, 0.3) is 0 Å². The van der Waals surface area contributed by atoms with Crippen LogP contribution in [0.15, 0.2) is 0 Å². The maximum atomic E-state index is 10.3. The van der Waals surface area contributed by atoms with Crippen LogP contribution in [0.2, 0.25) is 58.9 Å². The molecule has 0 aromatic rings. The first-order valence-electron chi connectivity index (χ1n) is 13.1. The number of hydrogen-bond acceptors (Lipinski definition) is 8. The van der Waals surface area contributed by atoms with E-state index in [0.29, 0.717) is 0 Å². The van der Waals surface area contributed by atoms with Gasteiger partial charge in [-0.25, -0.2) is 0 Å². The van der Waals surface area contributed by atoms with E-state index in [4.69, 9.17) is 27.5 Å². The van der Waals surface area contributed by atoms with E-state index >= 15 is 0 Å². The van der Waals surface area contributed by atoms with E-state index in [9.17, 15) is 10.2 Å². The average Bonchev–Trinajstić information content (AvgIpc) is 2.69. The molecule has 0 aromatic heterocycles. The van der Waals surface area contributed by atoms with Gasteiger partial charge in [-0.1, -0.05) is 20.8 Å². The highest BCUT2D eigenvalue weighted by atomic mass is 28.4. The van der Waals surface area contributed by atoms with E-state index in [1.54, 1.807) is 0 Å². The molecule has 10 atom stereocenters. The third-order valence-corrected chi connectivity index (χ3v) is 9.61. The van der Waals surface area contributed by atoms with Crippen molar-refractivity contribution in [2.24, 2.45) is 17.8 Å². The summed E-state index contributed by atoms with van der Waals surface area (Å²) in [5.41, 5.74) is 0. The van der Waals surface area contributed by atoms with Gasteiger partial charge in [0.15, 0.2) is 37.5 Å². The molecule has 0 aliphatic carbocycles. The largest absolute Gasteiger partial charge is 0.409 e. The zero-order valence-corrected chi connectivity index (χ0v) is 27.0. The fourth-order valence-corrected chi connectivity index (χ4v) is 7.99. The number of aliphatic hydroxyl groups is 2. The van der Waals surface area contributed by atoms with E-state index in [1.165, 1.54) is 0 Å². The van der Waals surface area contributed by atoms with Crippen molar-refractivity contribution in [3.8, 4) is 0 Å². The number of rotatable bonds is 10. The maximum absolute atomic E-state index is 10.3. The first kappa shape index (κ1) is 31.5. The first-order valence-corrected chi connectivity index (χ1v) is 23.3. The lowest BCUT2D eigenvalue weighted by atomic mass is 9.79. The molecule has 2 N–H and O–H groups in total. The SMILES string of the molecule is CC1C(CO)OC(OC2OC(CO)C(O[Si](C)(C)C)C(O[Si](C)(C)C)C2O[Si](C)(C)C)C(C)C1C. The molecule has 2 aliphatic heterocycles. The second-order valence-electron chi connectivity index (χ2n) is 13.2. The molecule has 0 bridgehead atoms. The van der Waals surface area contributed by atoms with Crippen molar-refractivity contribution in [2.45, 2.75) is 123 Å². The molecule has 0 aromatic carbocycles. The molecule has 8 nitrogen and oxygen atoms in total. The third kappa shape index (κ3) is 8.95. The van der Waals surface area contributed by atoms with Crippen LogP contribution in [0.3, 0.4) is 0 Å². The van der Waals surface area contributed by atoms with Crippen LogP contribution >= 0.6 is 0 Å². The van der Waals surface area contributed by atoms with Gasteiger partial charge in [-0.2, -0.15) is 0 Å². The summed E-state index contributed by atoms with van der Waals surface area (Å²) in [5, 5.41) is 20.2. The minimum absolute atomic E-state index is 0.0643. The van der Waals surface area contributed by atoms with Crippen molar-refractivity contribution in [1.82, 2.24) is 0 Å². The lowest BCUT2D eigenvalue weighted by Crippen LogP contribution is -2.67. The fraction of sp³-hybridized carbons (Fsp3) is 1.00. The van der Waals surface area contributed by atoms with Crippen LogP contribution in [0.4, 0.5) is 0 Å². The Labute approximate surface area is 216 Å². The zero-order chi connectivity index (χ0) is 26.9. The molecule has 0 radical (unpaired) electrons. The van der Waals surface area contributed by atoms with Gasteiger partial charge in [-0.15, -0.1) is 0 Å². The van der Waals surface area contributed by atoms with Crippen LogP contribution in [-0.2, 0) is 27.5 Å². The number of hydrogen-bond donors (Lipinski definition) is 2. The smallest absolute Gasteiger partial charge is 0.188 e. The molecule has 35 heavy (non-hydrogen) atoms. The topological polar surface area (TPSA) is 95.8 Å². The minimum atomic E-state index is -2.06. The highest BCUT2D eigenvalue weighted by Crippen LogP contribution is 2.39. The quantitative estimate of drug-likeness (QED) is 0.393. The van der Waals surface area contributed by atoms with Gasteiger partial charge < -0.3 is 37.7 Å². The van der Waals surface area contributed by atoms with Crippen molar-refractivity contribution in [3.05, 3.63) is 0 Å². The molecule has 0 spiro atoms. The van der Waals surface area contributed by atoms with E-state index < -0.39 is 61.9 Å². The molecule has 208 valence electrons. The summed E-state index contributed by atoms with van der Waals surface area (Å²) in [6.45, 7) is 25.3. The highest BCUT2D eigenvalue weighted by Gasteiger charge is 2.53. The van der Waals surface area contributed by atoms with E-state index in [0.717, 1.165) is 0 Å². The zero-order valence-electron chi connectivity index (χ0n) is 24.0. The minimum Gasteiger partial charge on any atom is -0.409 e. The van der Waals surface area contributed by atoms with Crippen molar-refractivity contribution < 1.29 is 37.7 Å². The Morgan fingerprint density at radius 2 is 0.971 bits per heavy atom. The monoisotopic (exact) mass is 552 g/mol. The van der Waals surface area contributed by atoms with Gasteiger partial charge in [0.1, 0.15) is 24.4 Å². The Balaban J connectivity index is 2.46. The van der Waals surface area contributed by atoms with Crippen molar-refractivity contribution >= 4 is 25.0 Å². The van der Waals surface area contributed by atoms with Crippen LogP contribution in [0, 0.1) is 17.8 Å². The van der Waals surface area contributed by atoms with Crippen LogP contribution in [0.5, 0.6) is 0 Å². The summed E-state index contributed by atoms with van der Waals surface area (Å²) in [5.74, 6) is 0.583. The van der Waals surface area contributed by atoms with E-state index in [-0.39, 0.29) is 37.1 Å². The Bertz CT molecular complexity index is 661. The van der Waals surface area contributed by atoms with Gasteiger partial charge in [-0.3, -0.25) is 0 Å². The van der Waals surface area contributed by atoms with Gasteiger partial charge in [0, 0.05) is 5.92 Å². The summed E-state index contributed by atoms with van der Waals surface area (Å²) in [4.78, 5) is 0. The van der Waals surface area contributed by atoms with E-state index in [2.05, 4.69) is 79.7 Å². The normalized spacial score (nSPS) is 39.6. The van der Waals surface area contributed by atoms with Gasteiger partial charge in [-0.05, 0) is 70.8 Å². The van der Waals surface area contributed by atoms with Crippen LogP contribution in [-0.4, -0.2) is 91.5 Å². The molecule has 2 rings (SSSR count). The van der Waals surface area contributed by atoms with Gasteiger partial charge in [0.05, 0.1) is 19.3 Å². The van der Waals surface area contributed by atoms with Crippen LogP contribution < -0.4 is 0 Å². The lowest BCUT2D eigenvalue weighted by molar-refractivity contribution is -0.357. The standard InChI is InChI=1S/C24H52O8Si3/c1-15-16(2)18(13-25)27-23(17(15)3)29-24-22(32-35(10,11)12)21(31-34(7,8)9)20(19(14-26)28-24)30-33(4,5)6/h15-26H,13-14H2,1-12H3. The highest BCUT2D eigenvalue weighted by molar-refractivity contribution is 6.70. The molecule has 0 amide bonds. The molecular weight excluding hydrogens is 501 g/mol. The Morgan fingerprint density at radius 3 is 1.43 bits per heavy atom. The van der Waals surface area contributed by atoms with Crippen molar-refractivity contribution in [1.29, 1.82) is 0 Å². The summed E-state index contributed by atoms with van der Waals surface area (Å²) in [6.07, 6.45) is -3.73. The van der Waals surface area contributed by atoms with Gasteiger partial charge in [0.25, 0.3) is 0 Å². The molecule has 2 saturated heterocycles. The summed E-state index contributed by atoms with van der Waals surface area (Å²) in [6, 6.07) is 0. The third-order valence-electron chi connectivity index (χ3n) is 6.67. The number of ether oxygens (including phenoxy) is 3. The summed E-state index contributed by atoms with van der Waals surface area (Å²) in [7, 11) is -6.11. The molecule has 10 unspecified atom stereocenters. The number of aliphatic hydroxyl groups excluding tert-OH is 2. The molecular formula is C24H52O8Si3. The lowest BCUT2D eigenvalue weighted by Gasteiger charge is -2.52. The van der Waals surface area contributed by atoms with Crippen LogP contribution in [0.1, 0.15) is 20.8 Å². The molecule has 2 fully saturated rings. The molecule has 2 aliphatic rings. The Morgan fingerprint density at radius 1 is 0.543 bits per heavy atom. The first-order chi connectivity index (χ1) is 15.9. The molecule has 0 saturated carbocycles. The second-order valence-corrected chi connectivity index (χ2v) is 26.6. The predicted molar refractivity (Wildman–Crippen MR) is 145 cm³/mol. The fourth-order valence-electron chi connectivity index (χ4n) is 4.74. The average molecular weight is 553 g/mol. The second kappa shape index (κ2) is 12.0. The van der Waals surface area contributed by atoms with E-state index in [1.807, 2.05) is 0 Å². The Kier molecular flexibility index (Phi) is 10.8. The van der Waals surface area contributed by atoms with Gasteiger partial charge >= 0.3 is 0 Å². The van der Waals surface area contributed by atoms with Gasteiger partial charge in [0.2, 0.25) is 0 Å². The summed E-state index contributed by atoms with van der Waals surface area (Å²) >= 11 is 0. The van der Waals surface area contributed by atoms with Crippen molar-refractivity contribution in [2.75, 3.05) is 13.2 Å². The maximum Gasteiger partial charge on any atom is 0.188 e. The predicted octanol–water partition coefficient (Wildman–Crippen LogP) is 4.01. The van der Waals surface area contributed by atoms with Crippen molar-refractivity contribution in [3.63, 3.8) is 0 Å². The molecule has 2 heterocycles. The molecule has 11 heteroatoms.